The molecule has 1 aliphatic rings. The zero-order valence-electron chi connectivity index (χ0n) is 16.7. The van der Waals surface area contributed by atoms with Crippen LogP contribution in [-0.4, -0.2) is 42.4 Å². The van der Waals surface area contributed by atoms with Crippen molar-refractivity contribution in [2.45, 2.75) is 43.9 Å². The van der Waals surface area contributed by atoms with E-state index in [2.05, 4.69) is 15.3 Å². The molecule has 3 rings (SSSR count). The van der Waals surface area contributed by atoms with Crippen LogP contribution in [0.25, 0.3) is 5.57 Å². The SMILES string of the molecule is CCS(=O)(=O)c1ccc(C(=CC2C[C@@H](F)[C@@H](F)C2)C(=O)Nc2cnc(C)cn2)cc1. The van der Waals surface area contributed by atoms with Crippen LogP contribution >= 0.6 is 0 Å². The summed E-state index contributed by atoms with van der Waals surface area (Å²) in [6.07, 6.45) is 1.32. The molecule has 1 unspecified atom stereocenters. The Morgan fingerprint density at radius 1 is 1.13 bits per heavy atom. The zero-order chi connectivity index (χ0) is 21.9. The number of sulfone groups is 1. The van der Waals surface area contributed by atoms with E-state index in [1.54, 1.807) is 19.9 Å². The molecule has 9 heteroatoms. The summed E-state index contributed by atoms with van der Waals surface area (Å²) in [6, 6.07) is 5.88. The van der Waals surface area contributed by atoms with Crippen molar-refractivity contribution in [1.29, 1.82) is 0 Å². The number of carbonyl (C=O) groups excluding carboxylic acids is 1. The first-order valence-electron chi connectivity index (χ1n) is 9.62. The molecule has 2 aromatic rings. The molecule has 1 aromatic heterocycles. The lowest BCUT2D eigenvalue weighted by atomic mass is 9.98. The van der Waals surface area contributed by atoms with Crippen LogP contribution < -0.4 is 5.32 Å². The predicted molar refractivity (Wildman–Crippen MR) is 110 cm³/mol. The van der Waals surface area contributed by atoms with Crippen molar-refractivity contribution in [2.24, 2.45) is 5.92 Å². The number of benzene rings is 1. The van der Waals surface area contributed by atoms with Crippen molar-refractivity contribution >= 4 is 27.1 Å². The van der Waals surface area contributed by atoms with Crippen LogP contribution in [0.15, 0.2) is 47.6 Å². The molecule has 1 amide bonds. The molecular formula is C21H23F2N3O3S. The maximum Gasteiger partial charge on any atom is 0.257 e. The predicted octanol–water partition coefficient (Wildman–Crippen LogP) is 3.69. The second kappa shape index (κ2) is 8.99. The Morgan fingerprint density at radius 2 is 1.77 bits per heavy atom. The molecule has 0 radical (unpaired) electrons. The second-order valence-electron chi connectivity index (χ2n) is 7.27. The quantitative estimate of drug-likeness (QED) is 0.699. The van der Waals surface area contributed by atoms with Gasteiger partial charge in [-0.25, -0.2) is 22.2 Å². The van der Waals surface area contributed by atoms with Crippen molar-refractivity contribution in [3.05, 3.63) is 54.0 Å². The van der Waals surface area contributed by atoms with Crippen LogP contribution in [0.3, 0.4) is 0 Å². The highest BCUT2D eigenvalue weighted by molar-refractivity contribution is 7.91. The topological polar surface area (TPSA) is 89.0 Å². The van der Waals surface area contributed by atoms with Gasteiger partial charge in [0.25, 0.3) is 5.91 Å². The molecule has 0 saturated heterocycles. The standard InChI is InChI=1S/C21H23F2N3O3S/c1-3-30(28,29)16-6-4-15(5-7-16)17(8-14-9-18(22)19(23)10-14)21(27)26-20-12-24-13(2)11-25-20/h4-8,11-12,14,18-19H,3,9-10H2,1-2H3,(H,25,26,27)/t14?,18-,19+. The molecule has 3 atom stereocenters. The van der Waals surface area contributed by atoms with Crippen LogP contribution in [0.5, 0.6) is 0 Å². The first-order valence-corrected chi connectivity index (χ1v) is 11.3. The third-order valence-corrected chi connectivity index (χ3v) is 6.77. The lowest BCUT2D eigenvalue weighted by molar-refractivity contribution is -0.111. The van der Waals surface area contributed by atoms with Crippen molar-refractivity contribution in [1.82, 2.24) is 9.97 Å². The van der Waals surface area contributed by atoms with Crippen LogP contribution in [0, 0.1) is 12.8 Å². The van der Waals surface area contributed by atoms with Gasteiger partial charge in [-0.1, -0.05) is 25.1 Å². The van der Waals surface area contributed by atoms with E-state index >= 15 is 0 Å². The van der Waals surface area contributed by atoms with Crippen LogP contribution in [-0.2, 0) is 14.6 Å². The largest absolute Gasteiger partial charge is 0.305 e. The van der Waals surface area contributed by atoms with Gasteiger partial charge in [-0.15, -0.1) is 0 Å². The maximum absolute atomic E-state index is 13.6. The Kier molecular flexibility index (Phi) is 6.60. The molecule has 0 aliphatic heterocycles. The van der Waals surface area contributed by atoms with Gasteiger partial charge in [0.1, 0.15) is 12.3 Å². The van der Waals surface area contributed by atoms with E-state index in [9.17, 15) is 22.0 Å². The lowest BCUT2D eigenvalue weighted by Crippen LogP contribution is -2.16. The van der Waals surface area contributed by atoms with Gasteiger partial charge in [0.15, 0.2) is 15.7 Å². The smallest absolute Gasteiger partial charge is 0.257 e. The van der Waals surface area contributed by atoms with E-state index in [4.69, 9.17) is 0 Å². The fraction of sp³-hybridized carbons (Fsp3) is 0.381. The molecule has 1 heterocycles. The van der Waals surface area contributed by atoms with E-state index in [0.29, 0.717) is 11.3 Å². The fourth-order valence-electron chi connectivity index (χ4n) is 3.29. The minimum Gasteiger partial charge on any atom is -0.305 e. The average Bonchev–Trinajstić information content (AvgIpc) is 3.05. The number of anilines is 1. The van der Waals surface area contributed by atoms with E-state index < -0.39 is 34.0 Å². The molecule has 1 saturated carbocycles. The summed E-state index contributed by atoms with van der Waals surface area (Å²) >= 11 is 0. The summed E-state index contributed by atoms with van der Waals surface area (Å²) in [5.74, 6) is -0.768. The summed E-state index contributed by atoms with van der Waals surface area (Å²) in [5.41, 5.74) is 1.33. The summed E-state index contributed by atoms with van der Waals surface area (Å²) in [7, 11) is -3.39. The maximum atomic E-state index is 13.6. The third kappa shape index (κ3) is 5.08. The fourth-order valence-corrected chi connectivity index (χ4v) is 4.18. The van der Waals surface area contributed by atoms with Crippen molar-refractivity contribution in [3.63, 3.8) is 0 Å². The van der Waals surface area contributed by atoms with Gasteiger partial charge in [-0.05, 0) is 43.4 Å². The van der Waals surface area contributed by atoms with Crippen molar-refractivity contribution < 1.29 is 22.0 Å². The van der Waals surface area contributed by atoms with E-state index in [0.717, 1.165) is 0 Å². The van der Waals surface area contributed by atoms with Crippen LogP contribution in [0.4, 0.5) is 14.6 Å². The van der Waals surface area contributed by atoms with E-state index in [1.165, 1.54) is 36.7 Å². The number of hydrogen-bond acceptors (Lipinski definition) is 5. The van der Waals surface area contributed by atoms with Crippen LogP contribution in [0.1, 0.15) is 31.0 Å². The molecule has 160 valence electrons. The lowest BCUT2D eigenvalue weighted by Gasteiger charge is -2.12. The molecular weight excluding hydrogens is 412 g/mol. The number of halogens is 2. The highest BCUT2D eigenvalue weighted by atomic mass is 32.2. The second-order valence-corrected chi connectivity index (χ2v) is 9.55. The number of aryl methyl sites for hydroxylation is 1. The highest BCUT2D eigenvalue weighted by Crippen LogP contribution is 2.34. The number of allylic oxidation sites excluding steroid dienone is 1. The summed E-state index contributed by atoms with van der Waals surface area (Å²) in [6.45, 7) is 3.31. The van der Waals surface area contributed by atoms with Gasteiger partial charge in [-0.2, -0.15) is 0 Å². The van der Waals surface area contributed by atoms with E-state index in [-0.39, 0.29) is 34.9 Å². The number of carbonyl (C=O) groups is 1. The number of amides is 1. The molecule has 0 bridgehead atoms. The third-order valence-electron chi connectivity index (χ3n) is 5.02. The number of hydrogen-bond donors (Lipinski definition) is 1. The molecule has 1 aliphatic carbocycles. The number of aromatic nitrogens is 2. The van der Waals surface area contributed by atoms with Gasteiger partial charge in [0, 0.05) is 5.57 Å². The van der Waals surface area contributed by atoms with Gasteiger partial charge in [0.05, 0.1) is 28.7 Å². The first-order chi connectivity index (χ1) is 14.2. The molecule has 1 aromatic carbocycles. The van der Waals surface area contributed by atoms with Gasteiger partial charge in [0.2, 0.25) is 0 Å². The van der Waals surface area contributed by atoms with Crippen LogP contribution in [0.2, 0.25) is 0 Å². The monoisotopic (exact) mass is 435 g/mol. The zero-order valence-corrected chi connectivity index (χ0v) is 17.5. The first kappa shape index (κ1) is 22.0. The minimum atomic E-state index is -3.39. The molecule has 30 heavy (non-hydrogen) atoms. The molecule has 6 nitrogen and oxygen atoms in total. The van der Waals surface area contributed by atoms with E-state index in [1.807, 2.05) is 0 Å². The number of nitrogens with one attached hydrogen (secondary N) is 1. The Morgan fingerprint density at radius 3 is 2.30 bits per heavy atom. The molecule has 1 N–H and O–H groups in total. The Balaban J connectivity index is 1.93. The van der Waals surface area contributed by atoms with Crippen molar-refractivity contribution in [2.75, 3.05) is 11.1 Å². The van der Waals surface area contributed by atoms with Gasteiger partial charge >= 0.3 is 0 Å². The number of nitrogens with zero attached hydrogens (tertiary/aromatic N) is 2. The molecule has 1 fully saturated rings. The average molecular weight is 435 g/mol. The Hall–Kier alpha value is -2.68. The summed E-state index contributed by atoms with van der Waals surface area (Å²) in [4.78, 5) is 21.2. The Bertz CT molecular complexity index is 1030. The molecule has 0 spiro atoms. The van der Waals surface area contributed by atoms with Gasteiger partial charge < -0.3 is 5.32 Å². The number of rotatable bonds is 6. The normalized spacial score (nSPS) is 22.1. The summed E-state index contributed by atoms with van der Waals surface area (Å²) < 4.78 is 51.4. The number of alkyl halides is 2. The highest BCUT2D eigenvalue weighted by Gasteiger charge is 2.34. The minimum absolute atomic E-state index is 0.00934. The van der Waals surface area contributed by atoms with Gasteiger partial charge in [-0.3, -0.25) is 9.78 Å². The van der Waals surface area contributed by atoms with Crippen molar-refractivity contribution in [3.8, 4) is 0 Å². The Labute approximate surface area is 174 Å². The summed E-state index contributed by atoms with van der Waals surface area (Å²) in [5, 5.41) is 2.63.